The van der Waals surface area contributed by atoms with Gasteiger partial charge in [0, 0.05) is 42.7 Å². The van der Waals surface area contributed by atoms with Crippen LogP contribution in [0.2, 0.25) is 0 Å². The summed E-state index contributed by atoms with van der Waals surface area (Å²) in [5.41, 5.74) is 1.28. The Balaban J connectivity index is 1.05. The number of likely N-dealkylation sites (tertiary alicyclic amines) is 1. The Morgan fingerprint density at radius 1 is 0.906 bits per heavy atom. The fraction of sp³-hybridized carbons (Fsp3) is 0.579. The highest BCUT2D eigenvalue weighted by atomic mass is 32.1. The first-order valence-electron chi connectivity index (χ1n) is 18.1. The zero-order chi connectivity index (χ0) is 37.2. The molecule has 4 aliphatic rings. The minimum atomic E-state index is -4.63. The van der Waals surface area contributed by atoms with Crippen LogP contribution >= 0.6 is 11.3 Å². The zero-order valence-corrected chi connectivity index (χ0v) is 30.1. The van der Waals surface area contributed by atoms with Gasteiger partial charge in [0.2, 0.25) is 0 Å². The number of morpholine rings is 1. The van der Waals surface area contributed by atoms with E-state index in [-0.39, 0.29) is 40.2 Å². The first-order chi connectivity index (χ1) is 25.3. The maximum absolute atomic E-state index is 15.2. The van der Waals surface area contributed by atoms with Gasteiger partial charge in [-0.2, -0.15) is 26.3 Å². The van der Waals surface area contributed by atoms with Crippen LogP contribution in [0.1, 0.15) is 49.0 Å². The highest BCUT2D eigenvalue weighted by Crippen LogP contribution is 2.42. The van der Waals surface area contributed by atoms with Crippen molar-refractivity contribution in [2.75, 3.05) is 81.3 Å². The molecule has 2 N–H and O–H groups in total. The lowest BCUT2D eigenvalue weighted by atomic mass is 9.76. The van der Waals surface area contributed by atoms with Crippen molar-refractivity contribution in [3.05, 3.63) is 46.6 Å². The smallest absolute Gasteiger partial charge is 0.422 e. The van der Waals surface area contributed by atoms with Gasteiger partial charge in [-0.15, -0.1) is 11.3 Å². The van der Waals surface area contributed by atoms with Crippen LogP contribution in [0.15, 0.2) is 30.3 Å². The van der Waals surface area contributed by atoms with E-state index in [1.54, 1.807) is 17.0 Å². The quantitative estimate of drug-likeness (QED) is 0.168. The van der Waals surface area contributed by atoms with Gasteiger partial charge in [0.15, 0.2) is 6.61 Å². The maximum atomic E-state index is 15.2. The third-order valence-corrected chi connectivity index (χ3v) is 12.0. The second kappa shape index (κ2) is 15.7. The minimum absolute atomic E-state index is 0.0525. The number of anilines is 3. The van der Waals surface area contributed by atoms with Gasteiger partial charge < -0.3 is 34.6 Å². The zero-order valence-electron chi connectivity index (χ0n) is 29.2. The van der Waals surface area contributed by atoms with Gasteiger partial charge in [-0.3, -0.25) is 0 Å². The number of piperidine rings is 1. The molecule has 4 heterocycles. The topological polar surface area (TPSA) is 58.2 Å². The van der Waals surface area contributed by atoms with Crippen LogP contribution in [0.25, 0.3) is 10.1 Å². The molecule has 1 saturated carbocycles. The van der Waals surface area contributed by atoms with E-state index in [1.807, 2.05) is 6.07 Å². The van der Waals surface area contributed by atoms with Crippen molar-refractivity contribution >= 4 is 38.5 Å². The Labute approximate surface area is 308 Å². The van der Waals surface area contributed by atoms with Crippen LogP contribution in [0.3, 0.4) is 0 Å². The molecule has 3 aliphatic heterocycles. The lowest BCUT2D eigenvalue weighted by Gasteiger charge is -2.49. The number of nitrogens with zero attached hydrogens (tertiary/aromatic N) is 2. The van der Waals surface area contributed by atoms with Crippen molar-refractivity contribution in [3.63, 3.8) is 0 Å². The number of rotatable bonds is 9. The average Bonchev–Trinajstić information content (AvgIpc) is 3.45. The van der Waals surface area contributed by atoms with Crippen molar-refractivity contribution in [1.29, 1.82) is 0 Å². The Kier molecular flexibility index (Phi) is 11.2. The summed E-state index contributed by atoms with van der Waals surface area (Å²) in [6, 6.07) is 8.33. The van der Waals surface area contributed by atoms with E-state index >= 15 is 4.39 Å². The van der Waals surface area contributed by atoms with E-state index in [4.69, 9.17) is 14.2 Å². The van der Waals surface area contributed by atoms with Crippen molar-refractivity contribution in [2.45, 2.75) is 69.4 Å². The molecular weight excluding hydrogens is 725 g/mol. The number of halogens is 7. The van der Waals surface area contributed by atoms with E-state index in [0.717, 1.165) is 63.7 Å². The standard InChI is InChI=1S/C38H43F7N4O3S/c39-29-19-31(33(52-24-38(43,44)45)20-32(29)49-15-17-50-18-16-49)46-12-2-5-34-28(21-37(40,41)42)27-3-1-4-30(35(27)53-34)47-25-6-8-26(9-7-25)48-13-10-36(11-14-48)22-51-23-36/h1,3-4,19-20,25-26,46-47H,6-18,21-24H2. The van der Waals surface area contributed by atoms with E-state index in [0.29, 0.717) is 47.8 Å². The Bertz CT molecular complexity index is 1790. The van der Waals surface area contributed by atoms with Crippen LogP contribution in [0.5, 0.6) is 5.75 Å². The molecule has 2 aromatic carbocycles. The number of hydrogen-bond acceptors (Lipinski definition) is 8. The monoisotopic (exact) mass is 768 g/mol. The fourth-order valence-corrected chi connectivity index (χ4v) is 9.05. The second-order valence-electron chi connectivity index (χ2n) is 14.5. The Morgan fingerprint density at radius 2 is 1.64 bits per heavy atom. The van der Waals surface area contributed by atoms with E-state index in [1.165, 1.54) is 30.2 Å². The molecule has 0 bridgehead atoms. The number of alkyl halides is 6. The summed E-state index contributed by atoms with van der Waals surface area (Å²) < 4.78 is 112. The van der Waals surface area contributed by atoms with E-state index in [2.05, 4.69) is 27.4 Å². The first kappa shape index (κ1) is 37.8. The van der Waals surface area contributed by atoms with Gasteiger partial charge in [-0.1, -0.05) is 24.0 Å². The van der Waals surface area contributed by atoms with Gasteiger partial charge in [0.05, 0.1) is 66.0 Å². The molecule has 3 aromatic rings. The van der Waals surface area contributed by atoms with Crippen molar-refractivity contribution < 1.29 is 44.9 Å². The molecule has 53 heavy (non-hydrogen) atoms. The third kappa shape index (κ3) is 9.27. The predicted octanol–water partition coefficient (Wildman–Crippen LogP) is 8.22. The average molecular weight is 769 g/mol. The van der Waals surface area contributed by atoms with Crippen LogP contribution in [0.4, 0.5) is 47.8 Å². The molecule has 15 heteroatoms. The summed E-state index contributed by atoms with van der Waals surface area (Å²) in [5, 5.41) is 6.91. The summed E-state index contributed by atoms with van der Waals surface area (Å²) in [6.45, 7) is 3.62. The van der Waals surface area contributed by atoms with Crippen LogP contribution in [-0.4, -0.2) is 95.1 Å². The molecule has 0 atom stereocenters. The van der Waals surface area contributed by atoms with Gasteiger partial charge in [0.1, 0.15) is 11.6 Å². The lowest BCUT2D eigenvalue weighted by molar-refractivity contribution is -0.153. The van der Waals surface area contributed by atoms with Gasteiger partial charge in [-0.05, 0) is 68.6 Å². The van der Waals surface area contributed by atoms with Crippen molar-refractivity contribution in [3.8, 4) is 17.6 Å². The Morgan fingerprint density at radius 3 is 2.30 bits per heavy atom. The highest BCUT2D eigenvalue weighted by Gasteiger charge is 2.42. The van der Waals surface area contributed by atoms with E-state index in [9.17, 15) is 26.3 Å². The molecule has 0 unspecified atom stereocenters. The van der Waals surface area contributed by atoms with Crippen molar-refractivity contribution in [1.82, 2.24) is 4.90 Å². The summed E-state index contributed by atoms with van der Waals surface area (Å²) in [4.78, 5) is 4.53. The highest BCUT2D eigenvalue weighted by molar-refractivity contribution is 7.20. The van der Waals surface area contributed by atoms with Gasteiger partial charge in [0.25, 0.3) is 0 Å². The molecule has 4 fully saturated rings. The normalized spacial score (nSPS) is 22.3. The lowest BCUT2D eigenvalue weighted by Crippen LogP contribution is -2.53. The number of benzene rings is 2. The number of hydrogen-bond donors (Lipinski definition) is 2. The van der Waals surface area contributed by atoms with Crippen LogP contribution in [-0.2, 0) is 15.9 Å². The van der Waals surface area contributed by atoms with Gasteiger partial charge in [-0.25, -0.2) is 4.39 Å². The molecular formula is C38H43F7N4O3S. The Hall–Kier alpha value is -3.45. The summed E-state index contributed by atoms with van der Waals surface area (Å²) >= 11 is 1.18. The number of fused-ring (bicyclic) bond motifs is 1. The van der Waals surface area contributed by atoms with Crippen LogP contribution < -0.4 is 20.3 Å². The first-order valence-corrected chi connectivity index (χ1v) is 18.9. The largest absolute Gasteiger partial charge is 0.482 e. The molecule has 288 valence electrons. The van der Waals surface area contributed by atoms with Gasteiger partial charge >= 0.3 is 12.4 Å². The summed E-state index contributed by atoms with van der Waals surface area (Å²) in [6.07, 6.45) is -3.84. The third-order valence-electron chi connectivity index (χ3n) is 10.8. The summed E-state index contributed by atoms with van der Waals surface area (Å²) in [5.74, 6) is 4.78. The number of nitrogens with one attached hydrogen (secondary N) is 2. The molecule has 1 spiro atoms. The molecule has 7 rings (SSSR count). The molecule has 1 aliphatic carbocycles. The molecule has 3 saturated heterocycles. The number of ether oxygens (including phenoxy) is 3. The minimum Gasteiger partial charge on any atom is -0.482 e. The van der Waals surface area contributed by atoms with Crippen molar-refractivity contribution in [2.24, 2.45) is 5.41 Å². The molecule has 0 radical (unpaired) electrons. The number of thiophene rings is 1. The second-order valence-corrected chi connectivity index (χ2v) is 15.5. The van der Waals surface area contributed by atoms with E-state index < -0.39 is 31.2 Å². The molecule has 0 amide bonds. The molecule has 7 nitrogen and oxygen atoms in total. The fourth-order valence-electron chi connectivity index (χ4n) is 7.88. The SMILES string of the molecule is Fc1cc(NCC#Cc2sc3c(NC4CCC(N5CCC6(CC5)COC6)CC4)cccc3c2CC(F)(F)F)c(OCC(F)(F)F)cc1N1CCOCC1. The maximum Gasteiger partial charge on any atom is 0.422 e. The van der Waals surface area contributed by atoms with Crippen LogP contribution in [0, 0.1) is 23.1 Å². The summed E-state index contributed by atoms with van der Waals surface area (Å²) in [7, 11) is 0. The predicted molar refractivity (Wildman–Crippen MR) is 192 cm³/mol. The molecule has 1 aromatic heterocycles.